The summed E-state index contributed by atoms with van der Waals surface area (Å²) >= 11 is 0. The van der Waals surface area contributed by atoms with Gasteiger partial charge in [-0.1, -0.05) is 60.1 Å². The van der Waals surface area contributed by atoms with Gasteiger partial charge in [0.1, 0.15) is 0 Å². The van der Waals surface area contributed by atoms with Crippen LogP contribution in [0, 0.1) is 50.2 Å². The standard InChI is InChI=1S/C31H50O4/c1-26(2)13-15-31(25(34)35-8)16-14-29(6)19(20(31)17-26)9-10-23-28(5)18-21(32)24(33)27(3,4)22(28)11-12-30(23,29)7/h9,20-24,32-33H,10-18H2,1-8H3/t20-,21-,22+,23-,24-,28-,29+,30+,31-/m0/s1. The van der Waals surface area contributed by atoms with Crippen molar-refractivity contribution in [1.82, 2.24) is 0 Å². The topological polar surface area (TPSA) is 66.8 Å². The number of aliphatic hydroxyl groups excluding tert-OH is 2. The number of carbonyl (C=O) groups excluding carboxylic acids is 1. The molecule has 0 unspecified atom stereocenters. The summed E-state index contributed by atoms with van der Waals surface area (Å²) in [6.45, 7) is 16.6. The van der Waals surface area contributed by atoms with Gasteiger partial charge < -0.3 is 14.9 Å². The van der Waals surface area contributed by atoms with Gasteiger partial charge in [0.2, 0.25) is 0 Å². The summed E-state index contributed by atoms with van der Waals surface area (Å²) in [4.78, 5) is 13.4. The minimum absolute atomic E-state index is 0.00929. The van der Waals surface area contributed by atoms with E-state index >= 15 is 0 Å². The lowest BCUT2D eigenvalue weighted by atomic mass is 9.33. The van der Waals surface area contributed by atoms with Crippen molar-refractivity contribution in [2.45, 2.75) is 118 Å². The highest BCUT2D eigenvalue weighted by atomic mass is 16.5. The van der Waals surface area contributed by atoms with Crippen LogP contribution in [0.3, 0.4) is 0 Å². The van der Waals surface area contributed by atoms with Crippen LogP contribution >= 0.6 is 0 Å². The molecule has 0 spiro atoms. The van der Waals surface area contributed by atoms with E-state index in [1.165, 1.54) is 0 Å². The Bertz CT molecular complexity index is 934. The molecule has 9 atom stereocenters. The van der Waals surface area contributed by atoms with Crippen LogP contribution in [-0.4, -0.2) is 35.5 Å². The molecule has 35 heavy (non-hydrogen) atoms. The second-order valence-electron chi connectivity index (χ2n) is 15.4. The Balaban J connectivity index is 1.61. The highest BCUT2D eigenvalue weighted by molar-refractivity contribution is 5.78. The molecule has 0 saturated heterocycles. The number of hydrogen-bond donors (Lipinski definition) is 2. The Labute approximate surface area is 213 Å². The number of fused-ring (bicyclic) bond motifs is 7. The zero-order chi connectivity index (χ0) is 25.8. The van der Waals surface area contributed by atoms with Crippen molar-refractivity contribution in [1.29, 1.82) is 0 Å². The first-order valence-corrected chi connectivity index (χ1v) is 14.2. The molecule has 0 heterocycles. The normalized spacial score (nSPS) is 52.2. The van der Waals surface area contributed by atoms with Crippen LogP contribution in [0.5, 0.6) is 0 Å². The zero-order valence-electron chi connectivity index (χ0n) is 23.5. The number of esters is 1. The van der Waals surface area contributed by atoms with Crippen molar-refractivity contribution in [2.24, 2.45) is 50.2 Å². The van der Waals surface area contributed by atoms with Crippen LogP contribution in [-0.2, 0) is 9.53 Å². The number of ether oxygens (including phenoxy) is 1. The fourth-order valence-electron chi connectivity index (χ4n) is 11.0. The van der Waals surface area contributed by atoms with E-state index in [0.717, 1.165) is 51.4 Å². The number of allylic oxidation sites excluding steroid dienone is 2. The second kappa shape index (κ2) is 7.59. The first kappa shape index (κ1) is 25.8. The average molecular weight is 487 g/mol. The van der Waals surface area contributed by atoms with Gasteiger partial charge in [-0.2, -0.15) is 0 Å². The van der Waals surface area contributed by atoms with Gasteiger partial charge in [0.15, 0.2) is 0 Å². The number of rotatable bonds is 1. The molecule has 0 aliphatic heterocycles. The molecule has 198 valence electrons. The minimum Gasteiger partial charge on any atom is -0.469 e. The fraction of sp³-hybridized carbons (Fsp3) is 0.903. The Kier molecular flexibility index (Phi) is 5.59. The van der Waals surface area contributed by atoms with Gasteiger partial charge in [-0.05, 0) is 103 Å². The Morgan fingerprint density at radius 1 is 0.914 bits per heavy atom. The van der Waals surface area contributed by atoms with E-state index in [0.29, 0.717) is 18.3 Å². The summed E-state index contributed by atoms with van der Waals surface area (Å²) in [5.74, 6) is 1.13. The van der Waals surface area contributed by atoms with E-state index in [1.807, 2.05) is 0 Å². The lowest BCUT2D eigenvalue weighted by Crippen LogP contribution is -2.67. The Hall–Kier alpha value is -0.870. The quantitative estimate of drug-likeness (QED) is 0.337. The lowest BCUT2D eigenvalue weighted by molar-refractivity contribution is -0.232. The summed E-state index contributed by atoms with van der Waals surface area (Å²) < 4.78 is 5.48. The molecule has 4 saturated carbocycles. The van der Waals surface area contributed by atoms with E-state index < -0.39 is 12.2 Å². The van der Waals surface area contributed by atoms with E-state index in [-0.39, 0.29) is 44.4 Å². The predicted octanol–water partition coefficient (Wildman–Crippen LogP) is 6.29. The van der Waals surface area contributed by atoms with Gasteiger partial charge in [0.05, 0.1) is 24.7 Å². The molecular formula is C31H50O4. The van der Waals surface area contributed by atoms with Crippen molar-refractivity contribution in [3.05, 3.63) is 11.6 Å². The van der Waals surface area contributed by atoms with Crippen LogP contribution in [0.2, 0.25) is 0 Å². The van der Waals surface area contributed by atoms with Crippen LogP contribution in [0.25, 0.3) is 0 Å². The zero-order valence-corrected chi connectivity index (χ0v) is 23.5. The van der Waals surface area contributed by atoms with Crippen molar-refractivity contribution in [3.63, 3.8) is 0 Å². The third-order valence-corrected chi connectivity index (χ3v) is 13.2. The largest absolute Gasteiger partial charge is 0.469 e. The van der Waals surface area contributed by atoms with Gasteiger partial charge >= 0.3 is 5.97 Å². The van der Waals surface area contributed by atoms with Gasteiger partial charge in [0, 0.05) is 0 Å². The summed E-state index contributed by atoms with van der Waals surface area (Å²) in [7, 11) is 1.57. The third kappa shape index (κ3) is 3.14. The van der Waals surface area contributed by atoms with Crippen molar-refractivity contribution < 1.29 is 19.7 Å². The van der Waals surface area contributed by atoms with Crippen LogP contribution in [0.15, 0.2) is 11.6 Å². The van der Waals surface area contributed by atoms with E-state index in [2.05, 4.69) is 54.5 Å². The van der Waals surface area contributed by atoms with E-state index in [9.17, 15) is 15.0 Å². The highest BCUT2D eigenvalue weighted by Gasteiger charge is 2.70. The third-order valence-electron chi connectivity index (χ3n) is 13.2. The van der Waals surface area contributed by atoms with Crippen LogP contribution in [0.1, 0.15) is 106 Å². The monoisotopic (exact) mass is 486 g/mol. The molecule has 5 rings (SSSR count). The average Bonchev–Trinajstić information content (AvgIpc) is 2.77. The number of aliphatic hydroxyl groups is 2. The summed E-state index contributed by atoms with van der Waals surface area (Å²) in [6, 6.07) is 0. The lowest BCUT2D eigenvalue weighted by Gasteiger charge is -2.71. The smallest absolute Gasteiger partial charge is 0.312 e. The fourth-order valence-corrected chi connectivity index (χ4v) is 11.0. The molecule has 5 aliphatic carbocycles. The molecule has 2 N–H and O–H groups in total. The first-order valence-electron chi connectivity index (χ1n) is 14.2. The molecule has 4 heteroatoms. The molecule has 0 radical (unpaired) electrons. The predicted molar refractivity (Wildman–Crippen MR) is 138 cm³/mol. The highest BCUT2D eigenvalue weighted by Crippen LogP contribution is 2.75. The van der Waals surface area contributed by atoms with Gasteiger partial charge in [-0.3, -0.25) is 4.79 Å². The van der Waals surface area contributed by atoms with Crippen molar-refractivity contribution in [2.75, 3.05) is 7.11 Å². The number of carbonyl (C=O) groups is 1. The maximum atomic E-state index is 13.4. The molecule has 0 aromatic rings. The van der Waals surface area contributed by atoms with E-state index in [1.54, 1.807) is 12.7 Å². The summed E-state index contributed by atoms with van der Waals surface area (Å²) in [5, 5.41) is 21.9. The maximum absolute atomic E-state index is 13.4. The van der Waals surface area contributed by atoms with Crippen LogP contribution in [0.4, 0.5) is 0 Å². The van der Waals surface area contributed by atoms with Gasteiger partial charge in [-0.15, -0.1) is 0 Å². The molecule has 0 amide bonds. The number of hydrogen-bond acceptors (Lipinski definition) is 4. The van der Waals surface area contributed by atoms with Crippen LogP contribution < -0.4 is 0 Å². The summed E-state index contributed by atoms with van der Waals surface area (Å²) in [5.41, 5.74) is 1.26. The first-order chi connectivity index (χ1) is 16.1. The summed E-state index contributed by atoms with van der Waals surface area (Å²) in [6.07, 6.45) is 10.2. The molecule has 5 aliphatic rings. The van der Waals surface area contributed by atoms with E-state index in [4.69, 9.17) is 4.74 Å². The Morgan fingerprint density at radius 2 is 1.57 bits per heavy atom. The van der Waals surface area contributed by atoms with Gasteiger partial charge in [-0.25, -0.2) is 0 Å². The van der Waals surface area contributed by atoms with Gasteiger partial charge in [0.25, 0.3) is 0 Å². The molecule has 4 fully saturated rings. The van der Waals surface area contributed by atoms with Crippen molar-refractivity contribution >= 4 is 5.97 Å². The minimum atomic E-state index is -0.663. The number of methoxy groups -OCH3 is 1. The molecule has 0 bridgehead atoms. The SMILES string of the molecule is COC(=O)[C@]12CCC(C)(C)C[C@H]1C1=CC[C@H]3[C@@]4(C)C[C@H](O)[C@H](O)C(C)(C)[C@H]4CC[C@@]3(C)[C@]1(C)CC2. The van der Waals surface area contributed by atoms with Crippen molar-refractivity contribution in [3.8, 4) is 0 Å². The molecule has 0 aromatic heterocycles. The molecular weight excluding hydrogens is 436 g/mol. The Morgan fingerprint density at radius 3 is 2.23 bits per heavy atom. The second-order valence-corrected chi connectivity index (χ2v) is 15.4. The maximum Gasteiger partial charge on any atom is 0.312 e. The molecule has 4 nitrogen and oxygen atoms in total. The molecule has 0 aromatic carbocycles.